The molecule has 80 valence electrons. The van der Waals surface area contributed by atoms with Gasteiger partial charge in [0.1, 0.15) is 0 Å². The lowest BCUT2D eigenvalue weighted by Crippen LogP contribution is -1.98. The van der Waals surface area contributed by atoms with Crippen molar-refractivity contribution in [3.63, 3.8) is 0 Å². The molecule has 0 spiro atoms. The first-order valence-electron chi connectivity index (χ1n) is 4.63. The fraction of sp³-hybridized carbons (Fsp3) is 0.182. The molecule has 1 N–H and O–H groups in total. The van der Waals surface area contributed by atoms with Crippen molar-refractivity contribution in [2.45, 2.75) is 18.7 Å². The highest BCUT2D eigenvalue weighted by molar-refractivity contribution is 7.80. The molecule has 0 bridgehead atoms. The molecule has 4 heteroatoms. The zero-order chi connectivity index (χ0) is 11.4. The highest BCUT2D eigenvalue weighted by Crippen LogP contribution is 2.23. The second-order valence-electron chi connectivity index (χ2n) is 2.61. The zero-order valence-corrected chi connectivity index (χ0v) is 9.41. The van der Waals surface area contributed by atoms with Gasteiger partial charge in [-0.25, -0.2) is 4.79 Å². The van der Waals surface area contributed by atoms with Crippen molar-refractivity contribution in [2.24, 2.45) is 0 Å². The summed E-state index contributed by atoms with van der Waals surface area (Å²) >= 11 is 3.92. The Hall–Kier alpha value is -1.42. The average molecular weight is 224 g/mol. The number of phenols is 1. The van der Waals surface area contributed by atoms with E-state index in [2.05, 4.69) is 12.6 Å². The van der Waals surface area contributed by atoms with E-state index in [1.807, 2.05) is 13.8 Å². The van der Waals surface area contributed by atoms with E-state index < -0.39 is 5.63 Å². The second-order valence-corrected chi connectivity index (χ2v) is 3.10. The quantitative estimate of drug-likeness (QED) is 0.534. The Morgan fingerprint density at radius 1 is 1.33 bits per heavy atom. The number of hydrogen-bond donors (Lipinski definition) is 2. The van der Waals surface area contributed by atoms with Gasteiger partial charge in [0.25, 0.3) is 0 Å². The van der Waals surface area contributed by atoms with E-state index in [4.69, 9.17) is 4.42 Å². The van der Waals surface area contributed by atoms with Gasteiger partial charge in [-0.15, -0.1) is 12.6 Å². The van der Waals surface area contributed by atoms with Gasteiger partial charge < -0.3 is 9.52 Å². The van der Waals surface area contributed by atoms with Crippen LogP contribution in [0.5, 0.6) is 5.75 Å². The SMILES string of the molecule is CC.O=c1oc2c(O)cccc2cc1S. The molecule has 3 nitrogen and oxygen atoms in total. The highest BCUT2D eigenvalue weighted by Gasteiger charge is 2.04. The highest BCUT2D eigenvalue weighted by atomic mass is 32.1. The van der Waals surface area contributed by atoms with Crippen molar-refractivity contribution in [1.82, 2.24) is 0 Å². The summed E-state index contributed by atoms with van der Waals surface area (Å²) < 4.78 is 4.84. The molecular formula is C11H12O3S. The van der Waals surface area contributed by atoms with Gasteiger partial charge >= 0.3 is 5.63 Å². The van der Waals surface area contributed by atoms with Crippen LogP contribution < -0.4 is 5.63 Å². The van der Waals surface area contributed by atoms with Crippen molar-refractivity contribution in [1.29, 1.82) is 0 Å². The van der Waals surface area contributed by atoms with Gasteiger partial charge in [-0.3, -0.25) is 0 Å². The van der Waals surface area contributed by atoms with Crippen LogP contribution in [0.2, 0.25) is 0 Å². The Morgan fingerprint density at radius 3 is 2.67 bits per heavy atom. The topological polar surface area (TPSA) is 50.4 Å². The van der Waals surface area contributed by atoms with Crippen molar-refractivity contribution in [2.75, 3.05) is 0 Å². The lowest BCUT2D eigenvalue weighted by molar-refractivity contribution is 0.454. The van der Waals surface area contributed by atoms with E-state index in [0.29, 0.717) is 5.39 Å². The summed E-state index contributed by atoms with van der Waals surface area (Å²) in [7, 11) is 0. The zero-order valence-electron chi connectivity index (χ0n) is 8.52. The number of aromatic hydroxyl groups is 1. The predicted octanol–water partition coefficient (Wildman–Crippen LogP) is 2.81. The smallest absolute Gasteiger partial charge is 0.349 e. The molecule has 0 saturated heterocycles. The lowest BCUT2D eigenvalue weighted by Gasteiger charge is -1.98. The summed E-state index contributed by atoms with van der Waals surface area (Å²) in [6, 6.07) is 6.43. The summed E-state index contributed by atoms with van der Waals surface area (Å²) in [6.45, 7) is 4.00. The van der Waals surface area contributed by atoms with Crippen molar-refractivity contribution >= 4 is 23.6 Å². The molecule has 0 unspecified atom stereocenters. The first-order chi connectivity index (χ1) is 7.18. The molecule has 0 aliphatic rings. The van der Waals surface area contributed by atoms with E-state index in [-0.39, 0.29) is 16.2 Å². The van der Waals surface area contributed by atoms with Gasteiger partial charge in [0, 0.05) is 5.39 Å². The third-order valence-electron chi connectivity index (χ3n) is 1.72. The van der Waals surface area contributed by atoms with Gasteiger partial charge in [-0.05, 0) is 12.1 Å². The summed E-state index contributed by atoms with van der Waals surface area (Å²) in [6.07, 6.45) is 0. The molecule has 0 atom stereocenters. The van der Waals surface area contributed by atoms with Crippen molar-refractivity contribution in [3.8, 4) is 5.75 Å². The maximum absolute atomic E-state index is 11.0. The lowest BCUT2D eigenvalue weighted by atomic mass is 10.2. The summed E-state index contributed by atoms with van der Waals surface area (Å²) in [5, 5.41) is 9.99. The van der Waals surface area contributed by atoms with Gasteiger partial charge in [0.2, 0.25) is 0 Å². The molecule has 15 heavy (non-hydrogen) atoms. The number of fused-ring (bicyclic) bond motifs is 1. The van der Waals surface area contributed by atoms with Crippen LogP contribution in [0.4, 0.5) is 0 Å². The Bertz CT molecular complexity index is 517. The normalized spacial score (nSPS) is 9.53. The van der Waals surface area contributed by atoms with Gasteiger partial charge in [0.05, 0.1) is 4.90 Å². The summed E-state index contributed by atoms with van der Waals surface area (Å²) in [5.41, 5.74) is -0.345. The van der Waals surface area contributed by atoms with Crippen LogP contribution in [-0.2, 0) is 0 Å². The predicted molar refractivity (Wildman–Crippen MR) is 62.7 cm³/mol. The minimum atomic E-state index is -0.544. The van der Waals surface area contributed by atoms with E-state index in [1.165, 1.54) is 6.07 Å². The van der Waals surface area contributed by atoms with Crippen LogP contribution in [-0.4, -0.2) is 5.11 Å². The minimum Gasteiger partial charge on any atom is -0.504 e. The Balaban J connectivity index is 0.000000531. The molecule has 2 rings (SSSR count). The first-order valence-corrected chi connectivity index (χ1v) is 5.08. The molecule has 0 radical (unpaired) electrons. The van der Waals surface area contributed by atoms with E-state index in [1.54, 1.807) is 18.2 Å². The maximum Gasteiger partial charge on any atom is 0.349 e. The maximum atomic E-state index is 11.0. The Morgan fingerprint density at radius 2 is 2.00 bits per heavy atom. The monoisotopic (exact) mass is 224 g/mol. The van der Waals surface area contributed by atoms with Crippen LogP contribution in [0.25, 0.3) is 11.0 Å². The van der Waals surface area contributed by atoms with Crippen molar-refractivity contribution in [3.05, 3.63) is 34.7 Å². The van der Waals surface area contributed by atoms with Crippen LogP contribution in [0.3, 0.4) is 0 Å². The minimum absolute atomic E-state index is 0.0390. The number of rotatable bonds is 0. The largest absolute Gasteiger partial charge is 0.504 e. The number of phenolic OH excluding ortho intramolecular Hbond substituents is 1. The third kappa shape index (κ3) is 2.33. The van der Waals surface area contributed by atoms with Gasteiger partial charge in [-0.2, -0.15) is 0 Å². The van der Waals surface area contributed by atoms with Gasteiger partial charge in [-0.1, -0.05) is 26.0 Å². The molecule has 2 aromatic rings. The number of para-hydroxylation sites is 1. The Kier molecular flexibility index (Phi) is 3.80. The van der Waals surface area contributed by atoms with Crippen LogP contribution in [0.1, 0.15) is 13.8 Å². The van der Waals surface area contributed by atoms with E-state index in [9.17, 15) is 9.90 Å². The molecule has 0 fully saturated rings. The first kappa shape index (κ1) is 11.7. The Labute approximate surface area is 92.8 Å². The van der Waals surface area contributed by atoms with Crippen LogP contribution >= 0.6 is 12.6 Å². The van der Waals surface area contributed by atoms with E-state index in [0.717, 1.165) is 0 Å². The molecule has 1 heterocycles. The second kappa shape index (κ2) is 4.89. The summed E-state index contributed by atoms with van der Waals surface area (Å²) in [5.74, 6) is -0.0390. The molecule has 0 saturated carbocycles. The third-order valence-corrected chi connectivity index (χ3v) is 2.03. The average Bonchev–Trinajstić information content (AvgIpc) is 2.24. The molecule has 0 aliphatic heterocycles. The fourth-order valence-corrected chi connectivity index (χ4v) is 1.30. The van der Waals surface area contributed by atoms with Gasteiger partial charge in [0.15, 0.2) is 11.3 Å². The molecular weight excluding hydrogens is 212 g/mol. The number of benzene rings is 1. The van der Waals surface area contributed by atoms with Crippen LogP contribution in [0, 0.1) is 0 Å². The number of thiol groups is 1. The molecule has 1 aromatic heterocycles. The number of hydrogen-bond acceptors (Lipinski definition) is 4. The fourth-order valence-electron chi connectivity index (χ4n) is 1.12. The molecule has 0 aliphatic carbocycles. The molecule has 0 amide bonds. The van der Waals surface area contributed by atoms with Crippen molar-refractivity contribution < 1.29 is 9.52 Å². The summed E-state index contributed by atoms with van der Waals surface area (Å²) in [4.78, 5) is 11.3. The molecule has 1 aromatic carbocycles. The standard InChI is InChI=1S/C9H6O3S.C2H6/c10-6-3-1-2-5-4-7(13)9(11)12-8(5)6;1-2/h1-4,10,13H;1-2H3. The van der Waals surface area contributed by atoms with Crippen LogP contribution in [0.15, 0.2) is 38.4 Å². The van der Waals surface area contributed by atoms with E-state index >= 15 is 0 Å².